The van der Waals surface area contributed by atoms with Gasteiger partial charge in [-0.05, 0) is 19.9 Å². The van der Waals surface area contributed by atoms with E-state index in [1.165, 1.54) is 5.69 Å². The molecular weight excluding hydrogens is 150 g/mol. The maximum Gasteiger partial charge on any atom is 0.306 e. The molecule has 0 radical (unpaired) electrons. The molecule has 0 aliphatic heterocycles. The number of aromatic nitrogens is 3. The van der Waals surface area contributed by atoms with Gasteiger partial charge in [-0.2, -0.15) is 0 Å². The number of fused-ring (bicyclic) bond motifs is 1. The van der Waals surface area contributed by atoms with Gasteiger partial charge in [0.1, 0.15) is 6.54 Å². The van der Waals surface area contributed by atoms with E-state index in [0.717, 1.165) is 12.2 Å². The van der Waals surface area contributed by atoms with Gasteiger partial charge in [-0.3, -0.25) is 0 Å². The van der Waals surface area contributed by atoms with Gasteiger partial charge in [-0.15, -0.1) is 4.68 Å². The highest BCUT2D eigenvalue weighted by molar-refractivity contribution is 5.26. The molecule has 3 heteroatoms. The summed E-state index contributed by atoms with van der Waals surface area (Å²) in [6.45, 7) is 5.08. The molecule has 0 bridgehead atoms. The monoisotopic (exact) mass is 162 g/mol. The predicted molar refractivity (Wildman–Crippen MR) is 45.8 cm³/mol. The van der Waals surface area contributed by atoms with Gasteiger partial charge in [0.05, 0.1) is 5.69 Å². The number of rotatable bonds is 1. The third-order valence-corrected chi connectivity index (χ3v) is 2.01. The van der Waals surface area contributed by atoms with E-state index in [4.69, 9.17) is 0 Å². The fraction of sp³-hybridized carbons (Fsp3) is 0.333. The van der Waals surface area contributed by atoms with Crippen molar-refractivity contribution >= 4 is 5.65 Å². The second kappa shape index (κ2) is 2.59. The largest absolute Gasteiger partial charge is 0.306 e. The summed E-state index contributed by atoms with van der Waals surface area (Å²) >= 11 is 0. The lowest BCUT2D eigenvalue weighted by Crippen LogP contribution is -2.22. The molecule has 2 rings (SSSR count). The maximum absolute atomic E-state index is 4.37. The van der Waals surface area contributed by atoms with Gasteiger partial charge in [0.15, 0.2) is 0 Å². The normalized spacial score (nSPS) is 10.8. The molecule has 2 heterocycles. The van der Waals surface area contributed by atoms with Crippen molar-refractivity contribution in [1.82, 2.24) is 9.78 Å². The number of nitrogens with zero attached hydrogens (tertiary/aromatic N) is 3. The molecule has 3 nitrogen and oxygen atoms in total. The number of pyridine rings is 1. The minimum Gasteiger partial charge on any atom is -0.201 e. The Morgan fingerprint density at radius 1 is 1.50 bits per heavy atom. The Kier molecular flexibility index (Phi) is 1.57. The first kappa shape index (κ1) is 7.28. The number of aryl methyl sites for hydroxylation is 2. The summed E-state index contributed by atoms with van der Waals surface area (Å²) in [6.07, 6.45) is 2.02. The van der Waals surface area contributed by atoms with Crippen LogP contribution < -0.4 is 4.40 Å². The molecule has 0 unspecified atom stereocenters. The molecule has 0 amide bonds. The van der Waals surface area contributed by atoms with Crippen molar-refractivity contribution in [3.8, 4) is 0 Å². The van der Waals surface area contributed by atoms with Crippen LogP contribution in [0.3, 0.4) is 0 Å². The molecule has 0 spiro atoms. The molecule has 0 aromatic carbocycles. The van der Waals surface area contributed by atoms with E-state index >= 15 is 0 Å². The van der Waals surface area contributed by atoms with E-state index in [-0.39, 0.29) is 0 Å². The fourth-order valence-electron chi connectivity index (χ4n) is 1.29. The smallest absolute Gasteiger partial charge is 0.201 e. The van der Waals surface area contributed by atoms with E-state index in [1.807, 2.05) is 23.1 Å². The summed E-state index contributed by atoms with van der Waals surface area (Å²) in [6, 6.07) is 6.12. The van der Waals surface area contributed by atoms with E-state index in [2.05, 4.69) is 29.4 Å². The summed E-state index contributed by atoms with van der Waals surface area (Å²) in [5.41, 5.74) is 2.23. The molecule has 2 aromatic heterocycles. The first-order valence-corrected chi connectivity index (χ1v) is 4.15. The highest BCUT2D eigenvalue weighted by Crippen LogP contribution is 1.95. The first-order valence-electron chi connectivity index (χ1n) is 4.15. The molecule has 0 fully saturated rings. The van der Waals surface area contributed by atoms with Crippen LogP contribution in [0.25, 0.3) is 5.65 Å². The lowest BCUT2D eigenvalue weighted by atomic mass is 10.4. The number of hydrogen-bond acceptors (Lipinski definition) is 1. The summed E-state index contributed by atoms with van der Waals surface area (Å²) in [5, 5.41) is 4.37. The lowest BCUT2D eigenvalue weighted by Gasteiger charge is -1.87. The Labute approximate surface area is 71.3 Å². The van der Waals surface area contributed by atoms with Crippen LogP contribution in [-0.2, 0) is 6.54 Å². The molecule has 0 atom stereocenters. The third kappa shape index (κ3) is 0.978. The van der Waals surface area contributed by atoms with Gasteiger partial charge in [0.2, 0.25) is 6.33 Å². The third-order valence-electron chi connectivity index (χ3n) is 2.01. The molecule has 12 heavy (non-hydrogen) atoms. The SMILES string of the molecule is CCn1c[n+]2c(C)cccc2n1. The average Bonchev–Trinajstić information content (AvgIpc) is 2.49. The van der Waals surface area contributed by atoms with Crippen LogP contribution in [0.1, 0.15) is 12.6 Å². The van der Waals surface area contributed by atoms with E-state index in [1.54, 1.807) is 0 Å². The van der Waals surface area contributed by atoms with Crippen LogP contribution in [-0.4, -0.2) is 9.78 Å². The fourth-order valence-corrected chi connectivity index (χ4v) is 1.29. The topological polar surface area (TPSA) is 21.9 Å². The molecule has 0 saturated heterocycles. The van der Waals surface area contributed by atoms with Gasteiger partial charge in [-0.1, -0.05) is 6.07 Å². The maximum atomic E-state index is 4.37. The quantitative estimate of drug-likeness (QED) is 0.572. The van der Waals surface area contributed by atoms with Crippen molar-refractivity contribution in [2.75, 3.05) is 0 Å². The highest BCUT2D eigenvalue weighted by atomic mass is 15.3. The second-order valence-electron chi connectivity index (χ2n) is 2.87. The van der Waals surface area contributed by atoms with Crippen LogP contribution >= 0.6 is 0 Å². The average molecular weight is 162 g/mol. The van der Waals surface area contributed by atoms with Crippen LogP contribution in [0.15, 0.2) is 24.5 Å². The Morgan fingerprint density at radius 2 is 2.33 bits per heavy atom. The summed E-state index contributed by atoms with van der Waals surface area (Å²) in [4.78, 5) is 0. The van der Waals surface area contributed by atoms with Gasteiger partial charge in [-0.25, -0.2) is 4.40 Å². The zero-order valence-corrected chi connectivity index (χ0v) is 7.36. The Hall–Kier alpha value is -1.38. The standard InChI is InChI=1S/C9H12N3/c1-3-11-7-12-8(2)5-4-6-9(12)10-11/h4-7H,3H2,1-2H3/q+1. The molecule has 2 aromatic rings. The number of hydrogen-bond donors (Lipinski definition) is 0. The van der Waals surface area contributed by atoms with Gasteiger partial charge < -0.3 is 0 Å². The van der Waals surface area contributed by atoms with Gasteiger partial charge in [0, 0.05) is 11.2 Å². The summed E-state index contributed by atoms with van der Waals surface area (Å²) < 4.78 is 4.02. The Balaban J connectivity index is 2.74. The van der Waals surface area contributed by atoms with Crippen LogP contribution in [0.2, 0.25) is 0 Å². The zero-order valence-electron chi connectivity index (χ0n) is 7.36. The van der Waals surface area contributed by atoms with Crippen molar-refractivity contribution in [3.63, 3.8) is 0 Å². The minimum absolute atomic E-state index is 0.918. The summed E-state index contributed by atoms with van der Waals surface area (Å²) in [5.74, 6) is 0. The predicted octanol–water partition coefficient (Wildman–Crippen LogP) is 0.950. The second-order valence-corrected chi connectivity index (χ2v) is 2.87. The van der Waals surface area contributed by atoms with Crippen LogP contribution in [0, 0.1) is 6.92 Å². The van der Waals surface area contributed by atoms with Crippen molar-refractivity contribution in [3.05, 3.63) is 30.2 Å². The van der Waals surface area contributed by atoms with Crippen molar-refractivity contribution in [1.29, 1.82) is 0 Å². The summed E-state index contributed by atoms with van der Waals surface area (Å²) in [7, 11) is 0. The molecule has 0 aliphatic carbocycles. The highest BCUT2D eigenvalue weighted by Gasteiger charge is 2.07. The lowest BCUT2D eigenvalue weighted by molar-refractivity contribution is -0.521. The molecule has 0 N–H and O–H groups in total. The van der Waals surface area contributed by atoms with Crippen molar-refractivity contribution in [2.45, 2.75) is 20.4 Å². The van der Waals surface area contributed by atoms with Gasteiger partial charge in [0.25, 0.3) is 0 Å². The molecule has 62 valence electrons. The van der Waals surface area contributed by atoms with Crippen molar-refractivity contribution < 1.29 is 4.40 Å². The minimum atomic E-state index is 0.918. The van der Waals surface area contributed by atoms with Crippen LogP contribution in [0.5, 0.6) is 0 Å². The molecule has 0 saturated carbocycles. The zero-order chi connectivity index (χ0) is 8.55. The first-order chi connectivity index (χ1) is 5.81. The van der Waals surface area contributed by atoms with Crippen molar-refractivity contribution in [2.24, 2.45) is 0 Å². The van der Waals surface area contributed by atoms with E-state index < -0.39 is 0 Å². The molecular formula is C9H12N3+. The Morgan fingerprint density at radius 3 is 3.00 bits per heavy atom. The van der Waals surface area contributed by atoms with Gasteiger partial charge >= 0.3 is 5.65 Å². The van der Waals surface area contributed by atoms with E-state index in [0.29, 0.717) is 0 Å². The van der Waals surface area contributed by atoms with E-state index in [9.17, 15) is 0 Å². The van der Waals surface area contributed by atoms with Crippen LogP contribution in [0.4, 0.5) is 0 Å². The Bertz CT molecular complexity index is 403. The molecule has 0 aliphatic rings.